The first kappa shape index (κ1) is 22.5. The molecule has 156 valence electrons. The second-order valence-electron chi connectivity index (χ2n) is 5.19. The zero-order valence-corrected chi connectivity index (χ0v) is 15.0. The van der Waals surface area contributed by atoms with Crippen LogP contribution < -0.4 is 10.9 Å². The Morgan fingerprint density at radius 1 is 1.17 bits per heavy atom. The van der Waals surface area contributed by atoms with Gasteiger partial charge < -0.3 is 5.32 Å². The van der Waals surface area contributed by atoms with Crippen molar-refractivity contribution in [3.05, 3.63) is 60.5 Å². The highest BCUT2D eigenvalue weighted by Crippen LogP contribution is 2.41. The van der Waals surface area contributed by atoms with E-state index < -0.39 is 61.5 Å². The number of nitrogens with one attached hydrogen (secondary N) is 1. The van der Waals surface area contributed by atoms with Crippen molar-refractivity contribution in [2.75, 3.05) is 5.32 Å². The maximum Gasteiger partial charge on any atom is 0.435 e. The third-order valence-corrected chi connectivity index (χ3v) is 3.98. The molecule has 0 bridgehead atoms. The highest BCUT2D eigenvalue weighted by Gasteiger charge is 2.38. The average Bonchev–Trinajstić information content (AvgIpc) is 2.57. The van der Waals surface area contributed by atoms with Crippen molar-refractivity contribution in [3.63, 3.8) is 0 Å². The fourth-order valence-electron chi connectivity index (χ4n) is 2.09. The Balaban J connectivity index is 2.77. The molecular formula is C14H6Cl2F6N4O3. The lowest BCUT2D eigenvalue weighted by Crippen LogP contribution is -2.26. The van der Waals surface area contributed by atoms with Gasteiger partial charge in [-0.3, -0.25) is 19.5 Å². The topological polar surface area (TPSA) is 90.1 Å². The van der Waals surface area contributed by atoms with E-state index in [9.17, 15) is 41.3 Å². The zero-order chi connectivity index (χ0) is 22.3. The number of nitro benzene ring substituents is 1. The van der Waals surface area contributed by atoms with Gasteiger partial charge in [0.05, 0.1) is 15.5 Å². The van der Waals surface area contributed by atoms with E-state index in [1.54, 1.807) is 0 Å². The Labute approximate surface area is 166 Å². The van der Waals surface area contributed by atoms with Crippen LogP contribution in [0.4, 0.5) is 43.7 Å². The van der Waals surface area contributed by atoms with Crippen molar-refractivity contribution in [3.8, 4) is 0 Å². The van der Waals surface area contributed by atoms with Gasteiger partial charge in [0.25, 0.3) is 11.2 Å². The summed E-state index contributed by atoms with van der Waals surface area (Å²) >= 11 is 11.0. The molecule has 0 atom stereocenters. The molecule has 1 aromatic heterocycles. The Morgan fingerprint density at radius 2 is 1.76 bits per heavy atom. The quantitative estimate of drug-likeness (QED) is 0.376. The normalized spacial score (nSPS) is 12.0. The molecule has 7 nitrogen and oxygen atoms in total. The lowest BCUT2D eigenvalue weighted by atomic mass is 10.1. The summed E-state index contributed by atoms with van der Waals surface area (Å²) in [6, 6.07) is 0.430. The number of rotatable bonds is 4. The van der Waals surface area contributed by atoms with Crippen LogP contribution in [0, 0.1) is 10.1 Å². The number of hydrogen-bond donors (Lipinski definition) is 1. The Bertz CT molecular complexity index is 1070. The van der Waals surface area contributed by atoms with Crippen molar-refractivity contribution in [2.45, 2.75) is 12.4 Å². The minimum absolute atomic E-state index is 0.116. The molecule has 0 saturated carbocycles. The monoisotopic (exact) mass is 462 g/mol. The molecule has 0 saturated heterocycles. The first-order valence-electron chi connectivity index (χ1n) is 7.02. The number of nitrogens with zero attached hydrogens (tertiary/aromatic N) is 3. The van der Waals surface area contributed by atoms with Crippen LogP contribution in [0.2, 0.25) is 10.0 Å². The molecule has 0 aliphatic rings. The first-order valence-corrected chi connectivity index (χ1v) is 7.78. The third-order valence-electron chi connectivity index (χ3n) is 3.34. The van der Waals surface area contributed by atoms with Gasteiger partial charge >= 0.3 is 12.4 Å². The van der Waals surface area contributed by atoms with Crippen LogP contribution in [0.25, 0.3) is 6.20 Å². The van der Waals surface area contributed by atoms with Crippen LogP contribution in [0.3, 0.4) is 0 Å². The van der Waals surface area contributed by atoms with Gasteiger partial charge in [-0.1, -0.05) is 29.8 Å². The number of anilines is 2. The van der Waals surface area contributed by atoms with Crippen molar-refractivity contribution >= 4 is 46.7 Å². The Kier molecular flexibility index (Phi) is 5.86. The molecule has 0 radical (unpaired) electrons. The number of hydrogen-bond acceptors (Lipinski definition) is 5. The summed E-state index contributed by atoms with van der Waals surface area (Å²) in [7, 11) is 0. The van der Waals surface area contributed by atoms with E-state index in [2.05, 4.69) is 11.6 Å². The molecule has 0 unspecified atom stereocenters. The van der Waals surface area contributed by atoms with E-state index in [1.807, 2.05) is 5.32 Å². The molecule has 0 spiro atoms. The Morgan fingerprint density at radius 3 is 2.21 bits per heavy atom. The van der Waals surface area contributed by atoms with Gasteiger partial charge in [-0.15, -0.1) is 0 Å². The van der Waals surface area contributed by atoms with Crippen molar-refractivity contribution in [1.29, 1.82) is 0 Å². The molecular weight excluding hydrogens is 457 g/mol. The molecule has 1 aromatic carbocycles. The molecule has 2 aromatic rings. The molecule has 0 fully saturated rings. The van der Waals surface area contributed by atoms with E-state index in [0.29, 0.717) is 16.8 Å². The molecule has 0 aliphatic carbocycles. The fourth-order valence-corrected chi connectivity index (χ4v) is 2.59. The molecule has 1 N–H and O–H groups in total. The number of nitro groups is 1. The predicted octanol–water partition coefficient (Wildman–Crippen LogP) is 5.34. The van der Waals surface area contributed by atoms with Crippen LogP contribution in [0.5, 0.6) is 0 Å². The van der Waals surface area contributed by atoms with Gasteiger partial charge in [0.15, 0.2) is 5.69 Å². The van der Waals surface area contributed by atoms with Crippen LogP contribution in [0.15, 0.2) is 23.5 Å². The van der Waals surface area contributed by atoms with E-state index in [1.165, 1.54) is 0 Å². The third kappa shape index (κ3) is 4.45. The number of aromatic nitrogens is 2. The summed E-state index contributed by atoms with van der Waals surface area (Å²) in [6.07, 6.45) is -9.48. The molecule has 29 heavy (non-hydrogen) atoms. The minimum atomic E-state index is -5.18. The summed E-state index contributed by atoms with van der Waals surface area (Å²) in [5, 5.41) is 11.0. The standard InChI is InChI=1S/C14H6Cl2F6N4O3/c1-2-25-11(27)8(16)10(14(20,21)22)24-12(25)23-9-6(15)3-5(13(17,18)19)4-7(9)26(28)29/h2-4H,1H2,(H,23,24). The van der Waals surface area contributed by atoms with Gasteiger partial charge in [-0.05, 0) is 6.07 Å². The zero-order valence-electron chi connectivity index (χ0n) is 13.5. The van der Waals surface area contributed by atoms with Crippen LogP contribution in [0.1, 0.15) is 11.3 Å². The lowest BCUT2D eigenvalue weighted by molar-refractivity contribution is -0.384. The van der Waals surface area contributed by atoms with Crippen LogP contribution in [-0.2, 0) is 12.4 Å². The first-order chi connectivity index (χ1) is 13.2. The van der Waals surface area contributed by atoms with Crippen molar-refractivity contribution in [2.24, 2.45) is 0 Å². The van der Waals surface area contributed by atoms with Crippen LogP contribution >= 0.6 is 23.2 Å². The van der Waals surface area contributed by atoms with Gasteiger partial charge in [-0.25, -0.2) is 4.98 Å². The van der Waals surface area contributed by atoms with E-state index in [4.69, 9.17) is 23.2 Å². The summed E-state index contributed by atoms with van der Waals surface area (Å²) in [4.78, 5) is 25.1. The van der Waals surface area contributed by atoms with Crippen molar-refractivity contribution < 1.29 is 31.3 Å². The van der Waals surface area contributed by atoms with Gasteiger partial charge in [0.2, 0.25) is 5.95 Å². The van der Waals surface area contributed by atoms with E-state index >= 15 is 0 Å². The summed E-state index contributed by atoms with van der Waals surface area (Å²) in [6.45, 7) is 3.18. The molecule has 0 amide bonds. The van der Waals surface area contributed by atoms with Gasteiger partial charge in [-0.2, -0.15) is 26.3 Å². The van der Waals surface area contributed by atoms with Gasteiger partial charge in [0.1, 0.15) is 10.7 Å². The smallest absolute Gasteiger partial charge is 0.318 e. The fraction of sp³-hybridized carbons (Fsp3) is 0.143. The number of alkyl halides is 6. The number of halogens is 8. The number of benzene rings is 1. The van der Waals surface area contributed by atoms with E-state index in [-0.39, 0.29) is 6.07 Å². The summed E-state index contributed by atoms with van der Waals surface area (Å²) in [5.41, 5.74) is -6.78. The SMILES string of the molecule is C=Cn1c(Nc2c(Cl)cc(C(F)(F)F)cc2[N+](=O)[O-])nc(C(F)(F)F)c(Cl)c1=O. The summed E-state index contributed by atoms with van der Waals surface area (Å²) < 4.78 is 78.1. The average molecular weight is 463 g/mol. The second kappa shape index (κ2) is 7.55. The van der Waals surface area contributed by atoms with Crippen LogP contribution in [-0.4, -0.2) is 14.5 Å². The highest BCUT2D eigenvalue weighted by molar-refractivity contribution is 6.34. The maximum atomic E-state index is 13.0. The van der Waals surface area contributed by atoms with Gasteiger partial charge in [0, 0.05) is 12.3 Å². The van der Waals surface area contributed by atoms with Crippen molar-refractivity contribution in [1.82, 2.24) is 9.55 Å². The second-order valence-corrected chi connectivity index (χ2v) is 5.97. The predicted molar refractivity (Wildman–Crippen MR) is 91.3 cm³/mol. The molecule has 15 heteroatoms. The lowest BCUT2D eigenvalue weighted by Gasteiger charge is -2.16. The Hall–Kier alpha value is -2.80. The maximum absolute atomic E-state index is 13.0. The van der Waals surface area contributed by atoms with E-state index in [0.717, 1.165) is 0 Å². The molecule has 0 aliphatic heterocycles. The largest absolute Gasteiger partial charge is 0.435 e. The highest BCUT2D eigenvalue weighted by atomic mass is 35.5. The molecule has 2 rings (SSSR count). The summed E-state index contributed by atoms with van der Waals surface area (Å²) in [5.74, 6) is -0.966. The molecule has 1 heterocycles. The minimum Gasteiger partial charge on any atom is -0.318 e.